The maximum atomic E-state index is 14.0. The molecule has 132 valence electrons. The molecule has 0 spiro atoms. The zero-order valence-corrected chi connectivity index (χ0v) is 14.6. The van der Waals surface area contributed by atoms with Gasteiger partial charge in [-0.2, -0.15) is 0 Å². The second-order valence-corrected chi connectivity index (χ2v) is 7.49. The molecule has 3 aliphatic rings. The fraction of sp³-hybridized carbons (Fsp3) is 0.444. The molecule has 25 heavy (non-hydrogen) atoms. The molecule has 7 heteroatoms. The Morgan fingerprint density at radius 1 is 1.36 bits per heavy atom. The summed E-state index contributed by atoms with van der Waals surface area (Å²) in [5.74, 6) is 1.07. The molecule has 2 aromatic rings. The Morgan fingerprint density at radius 2 is 2.16 bits per heavy atom. The van der Waals surface area contributed by atoms with E-state index in [9.17, 15) is 9.18 Å². The van der Waals surface area contributed by atoms with Gasteiger partial charge in [0.1, 0.15) is 5.82 Å². The van der Waals surface area contributed by atoms with Gasteiger partial charge in [-0.1, -0.05) is 18.2 Å². The first kappa shape index (κ1) is 16.5. The van der Waals surface area contributed by atoms with E-state index in [2.05, 4.69) is 15.2 Å². The topological polar surface area (TPSA) is 54.5 Å². The van der Waals surface area contributed by atoms with Crippen LogP contribution in [0, 0.1) is 17.7 Å². The third-order valence-electron chi connectivity index (χ3n) is 5.13. The largest absolute Gasteiger partial charge is 0.449 e. The minimum Gasteiger partial charge on any atom is -0.449 e. The van der Waals surface area contributed by atoms with E-state index in [4.69, 9.17) is 4.74 Å². The van der Waals surface area contributed by atoms with Crippen molar-refractivity contribution >= 4 is 23.2 Å². The Kier molecular flexibility index (Phi) is 4.67. The van der Waals surface area contributed by atoms with E-state index in [1.807, 2.05) is 0 Å². The summed E-state index contributed by atoms with van der Waals surface area (Å²) in [5.41, 5.74) is 2.02. The fourth-order valence-corrected chi connectivity index (χ4v) is 4.53. The summed E-state index contributed by atoms with van der Waals surface area (Å²) in [6.07, 6.45) is 1.86. The lowest BCUT2D eigenvalue weighted by Crippen LogP contribution is -2.49. The molecule has 2 bridgehead atoms. The number of thiazole rings is 1. The number of carbonyl (C=O) groups is 1. The van der Waals surface area contributed by atoms with Gasteiger partial charge in [0.2, 0.25) is 0 Å². The maximum Gasteiger partial charge on any atom is 0.412 e. The van der Waals surface area contributed by atoms with Crippen LogP contribution in [-0.4, -0.2) is 42.2 Å². The van der Waals surface area contributed by atoms with Crippen LogP contribution >= 0.6 is 11.3 Å². The van der Waals surface area contributed by atoms with E-state index in [1.54, 1.807) is 23.7 Å². The van der Waals surface area contributed by atoms with Gasteiger partial charge in [0.15, 0.2) is 5.82 Å². The lowest BCUT2D eigenvalue weighted by atomic mass is 9.79. The maximum absolute atomic E-state index is 14.0. The van der Waals surface area contributed by atoms with E-state index >= 15 is 0 Å². The van der Waals surface area contributed by atoms with Crippen LogP contribution in [0.5, 0.6) is 0 Å². The van der Waals surface area contributed by atoms with Crippen molar-refractivity contribution in [2.75, 3.05) is 31.6 Å². The molecule has 1 unspecified atom stereocenters. The number of amides is 1. The lowest BCUT2D eigenvalue weighted by molar-refractivity contribution is 0.0151. The van der Waals surface area contributed by atoms with Gasteiger partial charge in [-0.25, -0.2) is 14.2 Å². The predicted molar refractivity (Wildman–Crippen MR) is 95.1 cm³/mol. The van der Waals surface area contributed by atoms with Crippen molar-refractivity contribution in [1.82, 2.24) is 9.88 Å². The highest BCUT2D eigenvalue weighted by Gasteiger charge is 2.34. The first-order valence-corrected chi connectivity index (χ1v) is 9.43. The zero-order valence-electron chi connectivity index (χ0n) is 13.8. The van der Waals surface area contributed by atoms with E-state index in [1.165, 1.54) is 30.2 Å². The number of benzene rings is 1. The van der Waals surface area contributed by atoms with Crippen molar-refractivity contribution in [2.45, 2.75) is 12.8 Å². The second kappa shape index (κ2) is 7.09. The smallest absolute Gasteiger partial charge is 0.412 e. The van der Waals surface area contributed by atoms with Gasteiger partial charge in [0, 0.05) is 18.0 Å². The fourth-order valence-electron chi connectivity index (χ4n) is 3.76. The monoisotopic (exact) mass is 361 g/mol. The van der Waals surface area contributed by atoms with Gasteiger partial charge in [-0.3, -0.25) is 5.32 Å². The quantitative estimate of drug-likeness (QED) is 0.899. The summed E-state index contributed by atoms with van der Waals surface area (Å²) in [7, 11) is 0. The van der Waals surface area contributed by atoms with Gasteiger partial charge in [0.25, 0.3) is 0 Å². The van der Waals surface area contributed by atoms with Crippen LogP contribution in [0.15, 0.2) is 29.8 Å². The molecule has 1 N–H and O–H groups in total. The third kappa shape index (κ3) is 3.52. The average molecular weight is 361 g/mol. The Hall–Kier alpha value is -1.99. The second-order valence-electron chi connectivity index (χ2n) is 6.63. The molecule has 4 heterocycles. The summed E-state index contributed by atoms with van der Waals surface area (Å²) in [6.45, 7) is 3.76. The number of piperidine rings is 3. The highest BCUT2D eigenvalue weighted by molar-refractivity contribution is 7.13. The van der Waals surface area contributed by atoms with Crippen LogP contribution < -0.4 is 5.32 Å². The molecule has 3 saturated heterocycles. The van der Waals surface area contributed by atoms with Crippen LogP contribution in [0.3, 0.4) is 0 Å². The number of fused-ring (bicyclic) bond motifs is 3. The van der Waals surface area contributed by atoms with Crippen molar-refractivity contribution in [1.29, 1.82) is 0 Å². The Balaban J connectivity index is 1.37. The van der Waals surface area contributed by atoms with E-state index < -0.39 is 6.09 Å². The zero-order chi connectivity index (χ0) is 17.2. The molecular weight excluding hydrogens is 341 g/mol. The first-order valence-electron chi connectivity index (χ1n) is 8.55. The first-order chi connectivity index (χ1) is 12.2. The summed E-state index contributed by atoms with van der Waals surface area (Å²) in [4.78, 5) is 19.3. The summed E-state index contributed by atoms with van der Waals surface area (Å²) in [6, 6.07) is 6.46. The molecule has 0 saturated carbocycles. The molecule has 1 aromatic carbocycles. The van der Waals surface area contributed by atoms with E-state index in [0.717, 1.165) is 19.6 Å². The molecule has 5 rings (SSSR count). The SMILES string of the molecule is O=C(Nc1ncsc1-c1ccccc1F)OCC1CN2CCC1CC2. The van der Waals surface area contributed by atoms with Crippen molar-refractivity contribution in [2.24, 2.45) is 11.8 Å². The summed E-state index contributed by atoms with van der Waals surface area (Å²) >= 11 is 1.29. The Bertz CT molecular complexity index is 758. The van der Waals surface area contributed by atoms with E-state index in [0.29, 0.717) is 34.7 Å². The number of nitrogens with zero attached hydrogens (tertiary/aromatic N) is 2. The van der Waals surface area contributed by atoms with Crippen LogP contribution in [0.1, 0.15) is 12.8 Å². The number of nitrogens with one attached hydrogen (secondary N) is 1. The average Bonchev–Trinajstić information content (AvgIpc) is 3.09. The molecule has 0 aliphatic carbocycles. The molecule has 1 aromatic heterocycles. The number of carbonyl (C=O) groups excluding carboxylic acids is 1. The predicted octanol–water partition coefficient (Wildman–Crippen LogP) is 3.84. The number of rotatable bonds is 4. The minimum atomic E-state index is -0.528. The molecular formula is C18H20FN3O2S. The van der Waals surface area contributed by atoms with Crippen LogP contribution in [-0.2, 0) is 4.74 Å². The van der Waals surface area contributed by atoms with Crippen molar-refractivity contribution < 1.29 is 13.9 Å². The standard InChI is InChI=1S/C18H20FN3O2S/c19-15-4-2-1-3-14(15)16-17(20-11-25-16)21-18(23)24-10-13-9-22-7-5-12(13)6-8-22/h1-4,11-13H,5-10H2,(H,21,23). The van der Waals surface area contributed by atoms with Crippen molar-refractivity contribution in [3.05, 3.63) is 35.6 Å². The molecule has 1 atom stereocenters. The van der Waals surface area contributed by atoms with Gasteiger partial charge in [-0.15, -0.1) is 11.3 Å². The molecule has 1 amide bonds. The number of aromatic nitrogens is 1. The van der Waals surface area contributed by atoms with Crippen LogP contribution in [0.2, 0.25) is 0 Å². The van der Waals surface area contributed by atoms with Crippen LogP contribution in [0.4, 0.5) is 15.0 Å². The highest BCUT2D eigenvalue weighted by atomic mass is 32.1. The Morgan fingerprint density at radius 3 is 2.88 bits per heavy atom. The molecule has 5 nitrogen and oxygen atoms in total. The number of hydrogen-bond acceptors (Lipinski definition) is 5. The van der Waals surface area contributed by atoms with Crippen molar-refractivity contribution in [3.63, 3.8) is 0 Å². The molecule has 0 radical (unpaired) electrons. The van der Waals surface area contributed by atoms with Gasteiger partial charge in [0.05, 0.1) is 17.0 Å². The van der Waals surface area contributed by atoms with Crippen molar-refractivity contribution in [3.8, 4) is 10.4 Å². The normalized spacial score (nSPS) is 24.9. The Labute approximate surface area is 149 Å². The number of ether oxygens (including phenoxy) is 1. The van der Waals surface area contributed by atoms with Gasteiger partial charge >= 0.3 is 6.09 Å². The molecule has 3 aliphatic heterocycles. The number of hydrogen-bond donors (Lipinski definition) is 1. The summed E-state index contributed by atoms with van der Waals surface area (Å²) < 4.78 is 19.4. The minimum absolute atomic E-state index is 0.338. The van der Waals surface area contributed by atoms with Gasteiger partial charge < -0.3 is 9.64 Å². The van der Waals surface area contributed by atoms with Crippen LogP contribution in [0.25, 0.3) is 10.4 Å². The van der Waals surface area contributed by atoms with E-state index in [-0.39, 0.29) is 5.82 Å². The third-order valence-corrected chi connectivity index (χ3v) is 5.99. The number of anilines is 1. The van der Waals surface area contributed by atoms with Gasteiger partial charge in [-0.05, 0) is 37.9 Å². The highest BCUT2D eigenvalue weighted by Crippen LogP contribution is 2.34. The lowest BCUT2D eigenvalue weighted by Gasteiger charge is -2.44. The molecule has 3 fully saturated rings. The number of halogens is 1. The summed E-state index contributed by atoms with van der Waals surface area (Å²) in [5, 5.41) is 2.66.